The van der Waals surface area contributed by atoms with Gasteiger partial charge >= 0.3 is 0 Å². The number of amides is 1. The number of rotatable bonds is 8. The molecule has 9 heteroatoms. The fourth-order valence-electron chi connectivity index (χ4n) is 3.30. The second-order valence-corrected chi connectivity index (χ2v) is 8.03. The van der Waals surface area contributed by atoms with Crippen molar-refractivity contribution in [2.24, 2.45) is 5.73 Å². The second-order valence-electron chi connectivity index (χ2n) is 7.25. The fourth-order valence-corrected chi connectivity index (χ4v) is 3.75. The third kappa shape index (κ3) is 5.76. The van der Waals surface area contributed by atoms with E-state index < -0.39 is 0 Å². The average molecular weight is 463 g/mol. The Labute approximate surface area is 190 Å². The number of nitrogens with zero attached hydrogens (tertiary/aromatic N) is 2. The van der Waals surface area contributed by atoms with E-state index in [0.717, 1.165) is 16.7 Å². The number of carbonyl (C=O) groups excluding carboxylic acids is 1. The number of aromatic nitrogens is 2. The Morgan fingerprint density at radius 3 is 2.68 bits per heavy atom. The van der Waals surface area contributed by atoms with Crippen LogP contribution in [-0.4, -0.2) is 15.5 Å². The van der Waals surface area contributed by atoms with Gasteiger partial charge in [0.05, 0.1) is 6.42 Å². The first-order valence-electron chi connectivity index (χ1n) is 9.83. The van der Waals surface area contributed by atoms with Gasteiger partial charge < -0.3 is 20.0 Å². The molecule has 2 aromatic heterocycles. The number of nitrogens with two attached hydrogens (primary N) is 1. The van der Waals surface area contributed by atoms with Gasteiger partial charge in [0.15, 0.2) is 5.89 Å². The summed E-state index contributed by atoms with van der Waals surface area (Å²) in [5, 5.41) is 3.66. The van der Waals surface area contributed by atoms with Crippen LogP contribution in [0.25, 0.3) is 0 Å². The smallest absolute Gasteiger partial charge is 0.254 e. The van der Waals surface area contributed by atoms with E-state index >= 15 is 0 Å². The molecule has 3 N–H and O–H groups in total. The van der Waals surface area contributed by atoms with Crippen LogP contribution in [0.2, 0.25) is 10.2 Å². The summed E-state index contributed by atoms with van der Waals surface area (Å²) >= 11 is 12.1. The number of nitrogens with one attached hydrogen (secondary N) is 1. The molecule has 3 rings (SSSR count). The Balaban J connectivity index is 1.69. The van der Waals surface area contributed by atoms with Gasteiger partial charge in [-0.1, -0.05) is 17.7 Å². The number of pyridine rings is 1. The molecule has 0 aliphatic carbocycles. The Morgan fingerprint density at radius 2 is 2.00 bits per heavy atom. The molecule has 0 saturated heterocycles. The molecule has 31 heavy (non-hydrogen) atoms. The molecule has 2 heterocycles. The summed E-state index contributed by atoms with van der Waals surface area (Å²) in [5.74, 6) is 0.224. The molecule has 1 aromatic carbocycles. The van der Waals surface area contributed by atoms with Crippen LogP contribution in [0.15, 0.2) is 39.7 Å². The van der Waals surface area contributed by atoms with Gasteiger partial charge in [-0.15, -0.1) is 0 Å². The molecule has 1 amide bonds. The van der Waals surface area contributed by atoms with Crippen molar-refractivity contribution in [3.8, 4) is 0 Å². The van der Waals surface area contributed by atoms with Crippen molar-refractivity contribution in [3.05, 3.63) is 84.9 Å². The van der Waals surface area contributed by atoms with Gasteiger partial charge in [-0.25, -0.2) is 4.98 Å². The van der Waals surface area contributed by atoms with Crippen LogP contribution in [-0.2, 0) is 37.3 Å². The lowest BCUT2D eigenvalue weighted by molar-refractivity contribution is -0.120. The molecule has 0 radical (unpaired) electrons. The average Bonchev–Trinajstić information content (AvgIpc) is 3.06. The molecule has 0 aliphatic rings. The lowest BCUT2D eigenvalue weighted by Crippen LogP contribution is -2.31. The van der Waals surface area contributed by atoms with Gasteiger partial charge in [-0.3, -0.25) is 9.59 Å². The summed E-state index contributed by atoms with van der Waals surface area (Å²) in [4.78, 5) is 29.7. The monoisotopic (exact) mass is 462 g/mol. The van der Waals surface area contributed by atoms with Crippen molar-refractivity contribution in [1.29, 1.82) is 0 Å². The highest BCUT2D eigenvalue weighted by molar-refractivity contribution is 6.30. The van der Waals surface area contributed by atoms with Crippen molar-refractivity contribution >= 4 is 29.1 Å². The van der Waals surface area contributed by atoms with E-state index in [2.05, 4.69) is 10.3 Å². The molecule has 0 fully saturated rings. The largest absolute Gasteiger partial charge is 0.429 e. The third-order valence-electron chi connectivity index (χ3n) is 5.05. The zero-order valence-corrected chi connectivity index (χ0v) is 18.9. The number of carbonyl (C=O) groups is 1. The number of oxazole rings is 1. The van der Waals surface area contributed by atoms with Gasteiger partial charge in [0.25, 0.3) is 5.56 Å². The van der Waals surface area contributed by atoms with E-state index in [1.54, 1.807) is 29.8 Å². The molecule has 0 atom stereocenters. The minimum Gasteiger partial charge on any atom is -0.429 e. The highest BCUT2D eigenvalue weighted by atomic mass is 35.5. The first-order chi connectivity index (χ1) is 14.8. The number of benzene rings is 1. The zero-order chi connectivity index (χ0) is 22.5. The lowest BCUT2D eigenvalue weighted by atomic mass is 10.1. The van der Waals surface area contributed by atoms with Crippen LogP contribution in [0, 0.1) is 13.8 Å². The maximum Gasteiger partial charge on any atom is 0.254 e. The number of hydrogen-bond acceptors (Lipinski definition) is 5. The van der Waals surface area contributed by atoms with Gasteiger partial charge in [0, 0.05) is 49.8 Å². The van der Waals surface area contributed by atoms with E-state index in [1.165, 1.54) is 0 Å². The Hall–Kier alpha value is -2.61. The van der Waals surface area contributed by atoms with Crippen LogP contribution >= 0.6 is 23.2 Å². The topological polar surface area (TPSA) is 103 Å². The van der Waals surface area contributed by atoms with Crippen molar-refractivity contribution in [2.75, 3.05) is 0 Å². The molecule has 0 aliphatic heterocycles. The quantitative estimate of drug-likeness (QED) is 0.534. The first-order valence-corrected chi connectivity index (χ1v) is 10.6. The fraction of sp³-hybridized carbons (Fsp3) is 0.318. The molecular weight excluding hydrogens is 439 g/mol. The minimum atomic E-state index is -0.254. The zero-order valence-electron chi connectivity index (χ0n) is 17.4. The summed E-state index contributed by atoms with van der Waals surface area (Å²) in [6, 6.07) is 7.20. The van der Waals surface area contributed by atoms with E-state index in [4.69, 9.17) is 33.4 Å². The van der Waals surface area contributed by atoms with Gasteiger partial charge in [-0.2, -0.15) is 0 Å². The summed E-state index contributed by atoms with van der Waals surface area (Å²) in [7, 11) is 0. The number of halogens is 2. The van der Waals surface area contributed by atoms with Gasteiger partial charge in [-0.05, 0) is 53.4 Å². The van der Waals surface area contributed by atoms with Crippen molar-refractivity contribution in [3.63, 3.8) is 0 Å². The highest BCUT2D eigenvalue weighted by Gasteiger charge is 2.14. The summed E-state index contributed by atoms with van der Waals surface area (Å²) in [6.07, 6.45) is 2.13. The normalized spacial score (nSPS) is 11.0. The molecule has 0 bridgehead atoms. The predicted molar refractivity (Wildman–Crippen MR) is 120 cm³/mol. The van der Waals surface area contributed by atoms with Crippen LogP contribution in [0.1, 0.15) is 33.8 Å². The molecule has 0 unspecified atom stereocenters. The number of aryl methyl sites for hydroxylation is 4. The molecule has 0 saturated carbocycles. The van der Waals surface area contributed by atoms with Crippen molar-refractivity contribution in [1.82, 2.24) is 14.9 Å². The molecule has 164 valence electrons. The summed E-state index contributed by atoms with van der Waals surface area (Å²) < 4.78 is 6.77. The van der Waals surface area contributed by atoms with Crippen LogP contribution in [0.3, 0.4) is 0 Å². The number of hydrogen-bond donors (Lipinski definition) is 2. The van der Waals surface area contributed by atoms with E-state index in [-0.39, 0.29) is 29.7 Å². The van der Waals surface area contributed by atoms with Crippen molar-refractivity contribution < 1.29 is 9.21 Å². The van der Waals surface area contributed by atoms with E-state index in [0.29, 0.717) is 41.7 Å². The van der Waals surface area contributed by atoms with Crippen molar-refractivity contribution in [2.45, 2.75) is 46.3 Å². The maximum absolute atomic E-state index is 12.9. The van der Waals surface area contributed by atoms with Gasteiger partial charge in [0.2, 0.25) is 11.1 Å². The summed E-state index contributed by atoms with van der Waals surface area (Å²) in [6.45, 7) is 4.54. The van der Waals surface area contributed by atoms with Gasteiger partial charge in [0.1, 0.15) is 5.69 Å². The SMILES string of the molecule is Cc1nc(CCn2ccc(C)c(CC(=O)NCc3cc(Cl)ccc3CN)c2=O)c(Cl)o1. The standard InChI is InChI=1S/C22H24Cl2N4O3/c1-13-5-7-28(8-6-19-21(24)31-14(2)27-19)22(30)18(13)10-20(29)26-12-16-9-17(23)4-3-15(16)11-25/h3-5,7,9H,6,8,10-12,25H2,1-2H3,(H,26,29). The van der Waals surface area contributed by atoms with Crippen LogP contribution in [0.5, 0.6) is 0 Å². The summed E-state index contributed by atoms with van der Waals surface area (Å²) in [5.41, 5.74) is 9.11. The maximum atomic E-state index is 12.9. The molecule has 7 nitrogen and oxygen atoms in total. The second kappa shape index (κ2) is 10.1. The Bertz CT molecular complexity index is 1150. The van der Waals surface area contributed by atoms with Crippen LogP contribution in [0.4, 0.5) is 0 Å². The van der Waals surface area contributed by atoms with Crippen LogP contribution < -0.4 is 16.6 Å². The molecular formula is C22H24Cl2N4O3. The third-order valence-corrected chi connectivity index (χ3v) is 5.58. The predicted octanol–water partition coefficient (Wildman–Crippen LogP) is 3.32. The molecule has 0 spiro atoms. The minimum absolute atomic E-state index is 0.0200. The lowest BCUT2D eigenvalue weighted by Gasteiger charge is -2.12. The highest BCUT2D eigenvalue weighted by Crippen LogP contribution is 2.18. The Kier molecular flexibility index (Phi) is 7.54. The Morgan fingerprint density at radius 1 is 1.23 bits per heavy atom. The van der Waals surface area contributed by atoms with E-state index in [9.17, 15) is 9.59 Å². The molecule has 3 aromatic rings. The van der Waals surface area contributed by atoms with E-state index in [1.807, 2.05) is 19.1 Å². The first kappa shape index (κ1) is 23.1.